The molecule has 2 rings (SSSR count). The van der Waals surface area contributed by atoms with Crippen LogP contribution in [0.4, 0.5) is 4.39 Å². The maximum absolute atomic E-state index is 13.2. The highest BCUT2D eigenvalue weighted by Gasteiger charge is 2.07. The molecule has 1 heterocycles. The third kappa shape index (κ3) is 4.43. The molecule has 0 saturated heterocycles. The number of nitrogens with zero attached hydrogens (tertiary/aromatic N) is 2. The standard InChI is InChI=1S/C15H18FN3/c16-15-5-1-3-13(9-15)11-19(8-6-17)12-14-4-2-7-18-10-14/h1-5,7,9-10H,6,8,11-12,17H2. The minimum atomic E-state index is -0.202. The van der Waals surface area contributed by atoms with Crippen LogP contribution in [-0.2, 0) is 13.1 Å². The second-order valence-corrected chi connectivity index (χ2v) is 4.49. The highest BCUT2D eigenvalue weighted by Crippen LogP contribution is 2.10. The lowest BCUT2D eigenvalue weighted by molar-refractivity contribution is 0.264. The minimum absolute atomic E-state index is 0.202. The van der Waals surface area contributed by atoms with Gasteiger partial charge in [-0.05, 0) is 29.3 Å². The number of nitrogens with two attached hydrogens (primary N) is 1. The van der Waals surface area contributed by atoms with Crippen LogP contribution in [0, 0.1) is 5.82 Å². The van der Waals surface area contributed by atoms with Gasteiger partial charge in [0.05, 0.1) is 0 Å². The summed E-state index contributed by atoms with van der Waals surface area (Å²) in [6.45, 7) is 2.80. The van der Waals surface area contributed by atoms with Crippen molar-refractivity contribution >= 4 is 0 Å². The molecule has 0 bridgehead atoms. The Morgan fingerprint density at radius 2 is 1.89 bits per heavy atom. The van der Waals surface area contributed by atoms with Crippen LogP contribution in [0.25, 0.3) is 0 Å². The summed E-state index contributed by atoms with van der Waals surface area (Å²) in [6.07, 6.45) is 3.60. The van der Waals surface area contributed by atoms with Crippen LogP contribution in [-0.4, -0.2) is 23.0 Å². The average Bonchev–Trinajstić information content (AvgIpc) is 2.40. The van der Waals surface area contributed by atoms with E-state index < -0.39 is 0 Å². The smallest absolute Gasteiger partial charge is 0.123 e. The van der Waals surface area contributed by atoms with Crippen molar-refractivity contribution in [1.29, 1.82) is 0 Å². The van der Waals surface area contributed by atoms with Gasteiger partial charge in [0, 0.05) is 38.6 Å². The van der Waals surface area contributed by atoms with Crippen molar-refractivity contribution in [1.82, 2.24) is 9.88 Å². The molecule has 1 aromatic heterocycles. The zero-order valence-electron chi connectivity index (χ0n) is 10.8. The summed E-state index contributed by atoms with van der Waals surface area (Å²) in [6, 6.07) is 10.6. The molecule has 3 nitrogen and oxygen atoms in total. The number of halogens is 1. The van der Waals surface area contributed by atoms with Crippen LogP contribution in [0.3, 0.4) is 0 Å². The normalized spacial score (nSPS) is 10.9. The third-order valence-corrected chi connectivity index (χ3v) is 2.87. The van der Waals surface area contributed by atoms with Gasteiger partial charge in [0.2, 0.25) is 0 Å². The van der Waals surface area contributed by atoms with Crippen molar-refractivity contribution in [2.24, 2.45) is 5.73 Å². The van der Waals surface area contributed by atoms with Gasteiger partial charge in [0.1, 0.15) is 5.82 Å². The molecule has 0 unspecified atom stereocenters. The molecular weight excluding hydrogens is 241 g/mol. The lowest BCUT2D eigenvalue weighted by Crippen LogP contribution is -2.28. The van der Waals surface area contributed by atoms with E-state index in [4.69, 9.17) is 5.73 Å². The zero-order chi connectivity index (χ0) is 13.5. The molecule has 0 radical (unpaired) electrons. The van der Waals surface area contributed by atoms with Crippen LogP contribution in [0.2, 0.25) is 0 Å². The van der Waals surface area contributed by atoms with Gasteiger partial charge in [-0.3, -0.25) is 9.88 Å². The first-order valence-electron chi connectivity index (χ1n) is 6.33. The fraction of sp³-hybridized carbons (Fsp3) is 0.267. The Hall–Kier alpha value is -1.78. The summed E-state index contributed by atoms with van der Waals surface area (Å²) in [5.41, 5.74) is 7.72. The second-order valence-electron chi connectivity index (χ2n) is 4.49. The summed E-state index contributed by atoms with van der Waals surface area (Å²) in [5, 5.41) is 0. The van der Waals surface area contributed by atoms with Gasteiger partial charge in [-0.2, -0.15) is 0 Å². The molecule has 1 aromatic carbocycles. The van der Waals surface area contributed by atoms with E-state index in [1.807, 2.05) is 24.4 Å². The third-order valence-electron chi connectivity index (χ3n) is 2.87. The van der Waals surface area contributed by atoms with Crippen LogP contribution >= 0.6 is 0 Å². The molecule has 0 spiro atoms. The number of rotatable bonds is 6. The molecule has 2 N–H and O–H groups in total. The number of hydrogen-bond donors (Lipinski definition) is 1. The summed E-state index contributed by atoms with van der Waals surface area (Å²) < 4.78 is 13.2. The molecule has 0 saturated carbocycles. The van der Waals surface area contributed by atoms with E-state index in [0.717, 1.165) is 24.2 Å². The molecule has 100 valence electrons. The quantitative estimate of drug-likeness (QED) is 0.864. The highest BCUT2D eigenvalue weighted by molar-refractivity contribution is 5.16. The van der Waals surface area contributed by atoms with Gasteiger partial charge in [-0.1, -0.05) is 18.2 Å². The van der Waals surface area contributed by atoms with E-state index in [2.05, 4.69) is 9.88 Å². The molecule has 0 atom stereocenters. The van der Waals surface area contributed by atoms with Gasteiger partial charge in [0.15, 0.2) is 0 Å². The summed E-state index contributed by atoms with van der Waals surface area (Å²) in [4.78, 5) is 6.29. The van der Waals surface area contributed by atoms with Crippen molar-refractivity contribution in [3.63, 3.8) is 0 Å². The van der Waals surface area contributed by atoms with Crippen LogP contribution in [0.15, 0.2) is 48.8 Å². The fourth-order valence-corrected chi connectivity index (χ4v) is 2.04. The van der Waals surface area contributed by atoms with Gasteiger partial charge in [0.25, 0.3) is 0 Å². The lowest BCUT2D eigenvalue weighted by Gasteiger charge is -2.21. The van der Waals surface area contributed by atoms with Crippen LogP contribution in [0.5, 0.6) is 0 Å². The predicted molar refractivity (Wildman–Crippen MR) is 73.8 cm³/mol. The minimum Gasteiger partial charge on any atom is -0.329 e. The Bertz CT molecular complexity index is 502. The predicted octanol–water partition coefficient (Wildman–Crippen LogP) is 2.18. The molecule has 2 aromatic rings. The van der Waals surface area contributed by atoms with Crippen molar-refractivity contribution in [3.8, 4) is 0 Å². The van der Waals surface area contributed by atoms with E-state index in [0.29, 0.717) is 13.1 Å². The first-order chi connectivity index (χ1) is 9.28. The Morgan fingerprint density at radius 3 is 2.58 bits per heavy atom. The zero-order valence-corrected chi connectivity index (χ0v) is 10.8. The first-order valence-corrected chi connectivity index (χ1v) is 6.33. The second kappa shape index (κ2) is 6.97. The molecule has 0 aliphatic rings. The molecule has 4 heteroatoms. The molecule has 0 amide bonds. The van der Waals surface area contributed by atoms with E-state index in [-0.39, 0.29) is 5.82 Å². The Labute approximate surface area is 112 Å². The number of aromatic nitrogens is 1. The SMILES string of the molecule is NCCN(Cc1cccnc1)Cc1cccc(F)c1. The Balaban J connectivity index is 2.04. The average molecular weight is 259 g/mol. The first kappa shape index (κ1) is 13.6. The number of hydrogen-bond acceptors (Lipinski definition) is 3. The molecule has 0 fully saturated rings. The van der Waals surface area contributed by atoms with Gasteiger partial charge in [-0.25, -0.2) is 4.39 Å². The van der Waals surface area contributed by atoms with Gasteiger partial charge in [-0.15, -0.1) is 0 Å². The largest absolute Gasteiger partial charge is 0.329 e. The summed E-state index contributed by atoms with van der Waals surface area (Å²) in [7, 11) is 0. The molecule has 0 aliphatic carbocycles. The van der Waals surface area contributed by atoms with Crippen molar-refractivity contribution in [3.05, 3.63) is 65.7 Å². The van der Waals surface area contributed by atoms with E-state index >= 15 is 0 Å². The van der Waals surface area contributed by atoms with Crippen molar-refractivity contribution in [2.45, 2.75) is 13.1 Å². The van der Waals surface area contributed by atoms with Crippen LogP contribution in [0.1, 0.15) is 11.1 Å². The van der Waals surface area contributed by atoms with E-state index in [1.165, 1.54) is 6.07 Å². The summed E-state index contributed by atoms with van der Waals surface area (Å²) in [5.74, 6) is -0.202. The maximum Gasteiger partial charge on any atom is 0.123 e. The van der Waals surface area contributed by atoms with Crippen molar-refractivity contribution < 1.29 is 4.39 Å². The van der Waals surface area contributed by atoms with E-state index in [9.17, 15) is 4.39 Å². The van der Waals surface area contributed by atoms with Gasteiger partial charge >= 0.3 is 0 Å². The topological polar surface area (TPSA) is 42.1 Å². The van der Waals surface area contributed by atoms with Crippen molar-refractivity contribution in [2.75, 3.05) is 13.1 Å². The summed E-state index contributed by atoms with van der Waals surface area (Å²) >= 11 is 0. The molecular formula is C15H18FN3. The fourth-order valence-electron chi connectivity index (χ4n) is 2.04. The maximum atomic E-state index is 13.2. The molecule has 19 heavy (non-hydrogen) atoms. The number of pyridine rings is 1. The monoisotopic (exact) mass is 259 g/mol. The highest BCUT2D eigenvalue weighted by atomic mass is 19.1. The molecule has 0 aliphatic heterocycles. The van der Waals surface area contributed by atoms with E-state index in [1.54, 1.807) is 18.3 Å². The lowest BCUT2D eigenvalue weighted by atomic mass is 10.2. The Morgan fingerprint density at radius 1 is 1.11 bits per heavy atom. The Kier molecular flexibility index (Phi) is 5.01. The van der Waals surface area contributed by atoms with Crippen LogP contribution < -0.4 is 5.73 Å². The van der Waals surface area contributed by atoms with Gasteiger partial charge < -0.3 is 5.73 Å². The number of benzene rings is 1.